The number of aromatic nitrogens is 1. The van der Waals surface area contributed by atoms with Crippen molar-refractivity contribution < 1.29 is 23.9 Å². The second kappa shape index (κ2) is 9.74. The van der Waals surface area contributed by atoms with E-state index < -0.39 is 35.7 Å². The standard InChI is InChI=1S/C24H31N5O5/c1-34-20-6-2-5-17-15(20)12-18(22(26)31)29(17)19(10-13-7-8-13)24(33)28-16(21(25)30)11-14-4-3-9-27-23(14)32/h2,5-6,12-14,16,19H,3-4,7-11H2,1H3,(H2,25,30)(H2,26,31)(H,27,32)(H,28,33)/t14-,16?,19?/m0/s1. The maximum absolute atomic E-state index is 13.6. The van der Waals surface area contributed by atoms with Crippen LogP contribution in [0.2, 0.25) is 0 Å². The van der Waals surface area contributed by atoms with Crippen molar-refractivity contribution in [3.8, 4) is 5.75 Å². The molecule has 34 heavy (non-hydrogen) atoms. The Morgan fingerprint density at radius 2 is 1.97 bits per heavy atom. The molecular formula is C24H31N5O5. The number of ether oxygens (including phenoxy) is 1. The molecule has 182 valence electrons. The van der Waals surface area contributed by atoms with Gasteiger partial charge in [-0.25, -0.2) is 0 Å². The Bertz CT molecular complexity index is 1120. The Hall–Kier alpha value is -3.56. The number of rotatable bonds is 10. The third kappa shape index (κ3) is 4.85. The molecule has 0 bridgehead atoms. The smallest absolute Gasteiger partial charge is 0.265 e. The molecule has 2 aliphatic rings. The molecule has 4 rings (SSSR count). The number of nitrogens with zero attached hydrogens (tertiary/aromatic N) is 1. The molecule has 1 aromatic carbocycles. The molecule has 2 fully saturated rings. The van der Waals surface area contributed by atoms with Gasteiger partial charge in [-0.3, -0.25) is 19.2 Å². The maximum Gasteiger partial charge on any atom is 0.265 e. The molecule has 10 nitrogen and oxygen atoms in total. The zero-order chi connectivity index (χ0) is 24.4. The average Bonchev–Trinajstić information content (AvgIpc) is 3.55. The van der Waals surface area contributed by atoms with Crippen LogP contribution in [0.25, 0.3) is 10.9 Å². The molecule has 0 spiro atoms. The first kappa shape index (κ1) is 23.6. The summed E-state index contributed by atoms with van der Waals surface area (Å²) < 4.78 is 7.07. The van der Waals surface area contributed by atoms with E-state index in [4.69, 9.17) is 16.2 Å². The van der Waals surface area contributed by atoms with Crippen molar-refractivity contribution in [2.24, 2.45) is 23.3 Å². The van der Waals surface area contributed by atoms with E-state index >= 15 is 0 Å². The van der Waals surface area contributed by atoms with E-state index in [9.17, 15) is 19.2 Å². The van der Waals surface area contributed by atoms with Crippen LogP contribution < -0.4 is 26.8 Å². The van der Waals surface area contributed by atoms with Crippen molar-refractivity contribution >= 4 is 34.5 Å². The van der Waals surface area contributed by atoms with Crippen LogP contribution in [0.4, 0.5) is 0 Å². The van der Waals surface area contributed by atoms with Crippen LogP contribution in [0.5, 0.6) is 5.75 Å². The van der Waals surface area contributed by atoms with Crippen LogP contribution in [-0.2, 0) is 14.4 Å². The number of nitrogens with two attached hydrogens (primary N) is 2. The van der Waals surface area contributed by atoms with Crippen molar-refractivity contribution in [2.45, 2.75) is 50.6 Å². The van der Waals surface area contributed by atoms with Gasteiger partial charge in [0, 0.05) is 17.8 Å². The number of hydrogen-bond donors (Lipinski definition) is 4. The minimum absolute atomic E-state index is 0.131. The van der Waals surface area contributed by atoms with Crippen LogP contribution in [-0.4, -0.2) is 47.9 Å². The van der Waals surface area contributed by atoms with Gasteiger partial charge in [0.05, 0.1) is 12.6 Å². The van der Waals surface area contributed by atoms with Crippen LogP contribution in [0.15, 0.2) is 24.3 Å². The molecule has 0 radical (unpaired) electrons. The van der Waals surface area contributed by atoms with E-state index in [1.807, 2.05) is 0 Å². The number of carbonyl (C=O) groups is 4. The summed E-state index contributed by atoms with van der Waals surface area (Å²) in [6, 6.07) is 5.20. The Morgan fingerprint density at radius 3 is 2.59 bits per heavy atom. The van der Waals surface area contributed by atoms with Gasteiger partial charge in [0.2, 0.25) is 17.7 Å². The molecule has 6 N–H and O–H groups in total. The van der Waals surface area contributed by atoms with Gasteiger partial charge in [0.25, 0.3) is 5.91 Å². The number of nitrogens with one attached hydrogen (secondary N) is 2. The number of methoxy groups -OCH3 is 1. The van der Waals surface area contributed by atoms with Crippen molar-refractivity contribution in [3.63, 3.8) is 0 Å². The van der Waals surface area contributed by atoms with Crippen LogP contribution in [0.1, 0.15) is 55.1 Å². The monoisotopic (exact) mass is 469 g/mol. The summed E-state index contributed by atoms with van der Waals surface area (Å²) in [7, 11) is 1.53. The minimum atomic E-state index is -1.00. The zero-order valence-corrected chi connectivity index (χ0v) is 19.2. The van der Waals surface area contributed by atoms with Gasteiger partial charge >= 0.3 is 0 Å². The molecule has 1 aliphatic heterocycles. The quantitative estimate of drug-likeness (QED) is 0.408. The van der Waals surface area contributed by atoms with Crippen molar-refractivity contribution in [2.75, 3.05) is 13.7 Å². The molecule has 2 aromatic rings. The first-order valence-corrected chi connectivity index (χ1v) is 11.6. The lowest BCUT2D eigenvalue weighted by Gasteiger charge is -2.27. The Kier molecular flexibility index (Phi) is 6.76. The summed E-state index contributed by atoms with van der Waals surface area (Å²) in [6.07, 6.45) is 4.03. The van der Waals surface area contributed by atoms with Gasteiger partial charge in [0.15, 0.2) is 0 Å². The van der Waals surface area contributed by atoms with Gasteiger partial charge in [-0.2, -0.15) is 0 Å². The lowest BCUT2D eigenvalue weighted by Crippen LogP contribution is -2.50. The highest BCUT2D eigenvalue weighted by Crippen LogP contribution is 2.40. The lowest BCUT2D eigenvalue weighted by atomic mass is 9.91. The molecule has 2 unspecified atom stereocenters. The summed E-state index contributed by atoms with van der Waals surface area (Å²) in [4.78, 5) is 50.4. The first-order valence-electron chi connectivity index (χ1n) is 11.6. The van der Waals surface area contributed by atoms with E-state index in [2.05, 4.69) is 10.6 Å². The van der Waals surface area contributed by atoms with E-state index in [1.165, 1.54) is 7.11 Å². The molecule has 1 aliphatic carbocycles. The molecule has 2 heterocycles. The predicted octanol–water partition coefficient (Wildman–Crippen LogP) is 0.976. The SMILES string of the molecule is COc1cccc2c1cc(C(N)=O)n2C(CC1CC1)C(=O)NC(C[C@@H]1CCCNC1=O)C(N)=O. The Morgan fingerprint density at radius 1 is 1.21 bits per heavy atom. The number of primary amides is 2. The van der Waals surface area contributed by atoms with Gasteiger partial charge in [-0.15, -0.1) is 0 Å². The number of carbonyl (C=O) groups excluding carboxylic acids is 4. The summed E-state index contributed by atoms with van der Waals surface area (Å²) in [6.45, 7) is 0.604. The number of fused-ring (bicyclic) bond motifs is 1. The second-order valence-electron chi connectivity index (χ2n) is 9.18. The van der Waals surface area contributed by atoms with Crippen LogP contribution >= 0.6 is 0 Å². The highest BCUT2D eigenvalue weighted by atomic mass is 16.5. The fraction of sp³-hybridized carbons (Fsp3) is 0.500. The second-order valence-corrected chi connectivity index (χ2v) is 9.18. The molecular weight excluding hydrogens is 438 g/mol. The Labute approximate surface area is 197 Å². The van der Waals surface area contributed by atoms with E-state index in [-0.39, 0.29) is 18.0 Å². The summed E-state index contributed by atoms with van der Waals surface area (Å²) in [5.41, 5.74) is 12.1. The third-order valence-corrected chi connectivity index (χ3v) is 6.76. The van der Waals surface area contributed by atoms with E-state index in [0.29, 0.717) is 42.0 Å². The van der Waals surface area contributed by atoms with Crippen LogP contribution in [0, 0.1) is 11.8 Å². The number of piperidine rings is 1. The van der Waals surface area contributed by atoms with Gasteiger partial charge in [-0.1, -0.05) is 18.9 Å². The molecule has 1 aromatic heterocycles. The number of benzene rings is 1. The molecule has 10 heteroatoms. The van der Waals surface area contributed by atoms with Crippen molar-refractivity contribution in [1.82, 2.24) is 15.2 Å². The topological polar surface area (TPSA) is 159 Å². The predicted molar refractivity (Wildman–Crippen MR) is 125 cm³/mol. The summed E-state index contributed by atoms with van der Waals surface area (Å²) in [5.74, 6) is -1.46. The lowest BCUT2D eigenvalue weighted by molar-refractivity contribution is -0.132. The van der Waals surface area contributed by atoms with Crippen LogP contribution in [0.3, 0.4) is 0 Å². The third-order valence-electron chi connectivity index (χ3n) is 6.76. The summed E-state index contributed by atoms with van der Waals surface area (Å²) in [5, 5.41) is 6.22. The highest BCUT2D eigenvalue weighted by molar-refractivity contribution is 6.01. The largest absolute Gasteiger partial charge is 0.496 e. The number of amides is 4. The highest BCUT2D eigenvalue weighted by Gasteiger charge is 2.36. The first-order chi connectivity index (χ1) is 16.3. The molecule has 1 saturated carbocycles. The van der Waals surface area contributed by atoms with Gasteiger partial charge in [0.1, 0.15) is 23.5 Å². The fourth-order valence-corrected chi connectivity index (χ4v) is 4.79. The molecule has 4 amide bonds. The number of hydrogen-bond acceptors (Lipinski definition) is 5. The van der Waals surface area contributed by atoms with E-state index in [0.717, 1.165) is 19.3 Å². The summed E-state index contributed by atoms with van der Waals surface area (Å²) >= 11 is 0. The van der Waals surface area contributed by atoms with Gasteiger partial charge in [-0.05, 0) is 49.8 Å². The maximum atomic E-state index is 13.6. The van der Waals surface area contributed by atoms with E-state index in [1.54, 1.807) is 28.8 Å². The van der Waals surface area contributed by atoms with Gasteiger partial charge < -0.3 is 31.4 Å². The fourth-order valence-electron chi connectivity index (χ4n) is 4.79. The minimum Gasteiger partial charge on any atom is -0.496 e. The average molecular weight is 470 g/mol. The van der Waals surface area contributed by atoms with Crippen molar-refractivity contribution in [1.29, 1.82) is 0 Å². The van der Waals surface area contributed by atoms with Crippen molar-refractivity contribution in [3.05, 3.63) is 30.0 Å². The zero-order valence-electron chi connectivity index (χ0n) is 19.2. The molecule has 3 atom stereocenters. The normalized spacial score (nSPS) is 19.8. The Balaban J connectivity index is 1.68. The molecule has 1 saturated heterocycles.